The van der Waals surface area contributed by atoms with Gasteiger partial charge in [-0.15, -0.1) is 0 Å². The Hall–Kier alpha value is -0.930. The van der Waals surface area contributed by atoms with Crippen molar-refractivity contribution >= 4 is 0 Å². The molecule has 3 heteroatoms. The van der Waals surface area contributed by atoms with Gasteiger partial charge < -0.3 is 5.73 Å². The van der Waals surface area contributed by atoms with E-state index in [9.17, 15) is 0 Å². The minimum atomic E-state index is 0.408. The summed E-state index contributed by atoms with van der Waals surface area (Å²) in [6, 6.07) is 4.61. The Bertz CT molecular complexity index is 330. The summed E-state index contributed by atoms with van der Waals surface area (Å²) in [6.07, 6.45) is 5.20. The van der Waals surface area contributed by atoms with E-state index in [4.69, 9.17) is 5.73 Å². The first-order chi connectivity index (χ1) is 7.79. The topological polar surface area (TPSA) is 42.2 Å². The molecular formula is C13H21N3. The number of hydrogen-bond donors (Lipinski definition) is 1. The fraction of sp³-hybridized carbons (Fsp3) is 0.615. The minimum Gasteiger partial charge on any atom is -0.328 e. The number of hydrogen-bond acceptors (Lipinski definition) is 3. The van der Waals surface area contributed by atoms with Crippen LogP contribution in [0.1, 0.15) is 31.0 Å². The normalized spacial score (nSPS) is 18.9. The molecule has 1 aromatic heterocycles. The number of nitrogens with zero attached hydrogens (tertiary/aromatic N) is 2. The molecule has 16 heavy (non-hydrogen) atoms. The first-order valence-electron chi connectivity index (χ1n) is 6.20. The van der Waals surface area contributed by atoms with E-state index in [2.05, 4.69) is 22.9 Å². The van der Waals surface area contributed by atoms with Gasteiger partial charge in [0.1, 0.15) is 0 Å². The zero-order valence-corrected chi connectivity index (χ0v) is 10.0. The van der Waals surface area contributed by atoms with Crippen molar-refractivity contribution in [2.45, 2.75) is 38.8 Å². The Morgan fingerprint density at radius 3 is 2.88 bits per heavy atom. The summed E-state index contributed by atoms with van der Waals surface area (Å²) in [5.74, 6) is 0. The van der Waals surface area contributed by atoms with Gasteiger partial charge in [0, 0.05) is 31.9 Å². The van der Waals surface area contributed by atoms with E-state index >= 15 is 0 Å². The van der Waals surface area contributed by atoms with Gasteiger partial charge in [-0.3, -0.25) is 9.88 Å². The molecule has 0 radical (unpaired) electrons. The largest absolute Gasteiger partial charge is 0.328 e. The average Bonchev–Trinajstić information content (AvgIpc) is 2.33. The number of likely N-dealkylation sites (tertiary alicyclic amines) is 1. The van der Waals surface area contributed by atoms with Crippen molar-refractivity contribution in [1.82, 2.24) is 9.88 Å². The number of rotatable bonds is 3. The van der Waals surface area contributed by atoms with Crippen LogP contribution in [0.3, 0.4) is 0 Å². The summed E-state index contributed by atoms with van der Waals surface area (Å²) < 4.78 is 0. The fourth-order valence-electron chi connectivity index (χ4n) is 2.26. The van der Waals surface area contributed by atoms with E-state index < -0.39 is 0 Å². The molecule has 2 rings (SSSR count). The van der Waals surface area contributed by atoms with Crippen LogP contribution >= 0.6 is 0 Å². The van der Waals surface area contributed by atoms with Crippen molar-refractivity contribution in [2.24, 2.45) is 5.73 Å². The Morgan fingerprint density at radius 1 is 1.44 bits per heavy atom. The standard InChI is InChI=1S/C13H21N3/c1-2-11-4-3-7-15-13(11)10-16-8-5-12(14)6-9-16/h3-4,7,12H,2,5-6,8-10,14H2,1H3. The average molecular weight is 219 g/mol. The lowest BCUT2D eigenvalue weighted by molar-refractivity contribution is 0.203. The molecule has 2 N–H and O–H groups in total. The first kappa shape index (κ1) is 11.6. The van der Waals surface area contributed by atoms with Crippen molar-refractivity contribution < 1.29 is 0 Å². The molecule has 0 spiro atoms. The fourth-order valence-corrected chi connectivity index (χ4v) is 2.26. The molecule has 0 unspecified atom stereocenters. The summed E-state index contributed by atoms with van der Waals surface area (Å²) in [5.41, 5.74) is 8.51. The quantitative estimate of drug-likeness (QED) is 0.839. The van der Waals surface area contributed by atoms with Gasteiger partial charge in [-0.25, -0.2) is 0 Å². The zero-order chi connectivity index (χ0) is 11.4. The Morgan fingerprint density at radius 2 is 2.19 bits per heavy atom. The van der Waals surface area contributed by atoms with Gasteiger partial charge in [0.15, 0.2) is 0 Å². The second-order valence-electron chi connectivity index (χ2n) is 4.58. The molecule has 1 fully saturated rings. The van der Waals surface area contributed by atoms with Crippen LogP contribution in [0.4, 0.5) is 0 Å². The number of piperidine rings is 1. The van der Waals surface area contributed by atoms with Crippen molar-refractivity contribution in [3.05, 3.63) is 29.6 Å². The van der Waals surface area contributed by atoms with Crippen molar-refractivity contribution in [2.75, 3.05) is 13.1 Å². The Balaban J connectivity index is 1.98. The lowest BCUT2D eigenvalue weighted by Crippen LogP contribution is -2.39. The summed E-state index contributed by atoms with van der Waals surface area (Å²) in [4.78, 5) is 6.95. The second-order valence-corrected chi connectivity index (χ2v) is 4.58. The van der Waals surface area contributed by atoms with Gasteiger partial charge in [-0.1, -0.05) is 13.0 Å². The Kier molecular flexibility index (Phi) is 3.91. The van der Waals surface area contributed by atoms with Gasteiger partial charge in [0.2, 0.25) is 0 Å². The predicted octanol–water partition coefficient (Wildman–Crippen LogP) is 1.57. The van der Waals surface area contributed by atoms with Crippen LogP contribution in [-0.4, -0.2) is 29.0 Å². The highest BCUT2D eigenvalue weighted by Gasteiger charge is 2.17. The molecule has 0 aromatic carbocycles. The molecule has 0 atom stereocenters. The van der Waals surface area contributed by atoms with Crippen molar-refractivity contribution in [3.63, 3.8) is 0 Å². The van der Waals surface area contributed by atoms with Crippen molar-refractivity contribution in [3.8, 4) is 0 Å². The van der Waals surface area contributed by atoms with Crippen LogP contribution in [-0.2, 0) is 13.0 Å². The number of aryl methyl sites for hydroxylation is 1. The number of nitrogens with two attached hydrogens (primary N) is 1. The third-order valence-corrected chi connectivity index (χ3v) is 3.37. The third-order valence-electron chi connectivity index (χ3n) is 3.37. The second kappa shape index (κ2) is 5.41. The molecule has 2 heterocycles. The molecule has 3 nitrogen and oxygen atoms in total. The molecular weight excluding hydrogens is 198 g/mol. The highest BCUT2D eigenvalue weighted by atomic mass is 15.1. The maximum atomic E-state index is 5.90. The molecule has 0 saturated carbocycles. The number of pyridine rings is 1. The summed E-state index contributed by atoms with van der Waals surface area (Å²) in [7, 11) is 0. The lowest BCUT2D eigenvalue weighted by Gasteiger charge is -2.30. The molecule has 1 aromatic rings. The molecule has 0 aliphatic carbocycles. The van der Waals surface area contributed by atoms with Crippen LogP contribution in [0, 0.1) is 0 Å². The van der Waals surface area contributed by atoms with Gasteiger partial charge in [-0.05, 0) is 30.9 Å². The van der Waals surface area contributed by atoms with Gasteiger partial charge in [0.05, 0.1) is 5.69 Å². The minimum absolute atomic E-state index is 0.408. The highest BCUT2D eigenvalue weighted by Crippen LogP contribution is 2.14. The van der Waals surface area contributed by atoms with Gasteiger partial charge in [-0.2, -0.15) is 0 Å². The zero-order valence-electron chi connectivity index (χ0n) is 10.0. The van der Waals surface area contributed by atoms with Crippen LogP contribution < -0.4 is 5.73 Å². The van der Waals surface area contributed by atoms with E-state index in [1.54, 1.807) is 0 Å². The maximum Gasteiger partial charge on any atom is 0.0575 e. The summed E-state index contributed by atoms with van der Waals surface area (Å²) >= 11 is 0. The van der Waals surface area contributed by atoms with Crippen LogP contribution in [0.2, 0.25) is 0 Å². The SMILES string of the molecule is CCc1cccnc1CN1CCC(N)CC1. The van der Waals surface area contributed by atoms with E-state index in [0.29, 0.717) is 6.04 Å². The Labute approximate surface area is 97.7 Å². The molecule has 1 aliphatic rings. The molecule has 0 amide bonds. The highest BCUT2D eigenvalue weighted by molar-refractivity contribution is 5.19. The van der Waals surface area contributed by atoms with Gasteiger partial charge >= 0.3 is 0 Å². The third kappa shape index (κ3) is 2.80. The van der Waals surface area contributed by atoms with Crippen molar-refractivity contribution in [1.29, 1.82) is 0 Å². The van der Waals surface area contributed by atoms with Crippen LogP contribution in [0.5, 0.6) is 0 Å². The smallest absolute Gasteiger partial charge is 0.0575 e. The van der Waals surface area contributed by atoms with E-state index in [0.717, 1.165) is 38.9 Å². The van der Waals surface area contributed by atoms with E-state index in [1.165, 1.54) is 11.3 Å². The monoisotopic (exact) mass is 219 g/mol. The molecule has 1 saturated heterocycles. The number of aromatic nitrogens is 1. The lowest BCUT2D eigenvalue weighted by atomic mass is 10.0. The summed E-state index contributed by atoms with van der Waals surface area (Å²) in [6.45, 7) is 5.39. The van der Waals surface area contributed by atoms with Crippen LogP contribution in [0.15, 0.2) is 18.3 Å². The first-order valence-corrected chi connectivity index (χ1v) is 6.20. The van der Waals surface area contributed by atoms with E-state index in [1.807, 2.05) is 12.3 Å². The molecule has 1 aliphatic heterocycles. The molecule has 88 valence electrons. The van der Waals surface area contributed by atoms with Crippen LogP contribution in [0.25, 0.3) is 0 Å². The molecule has 0 bridgehead atoms. The van der Waals surface area contributed by atoms with E-state index in [-0.39, 0.29) is 0 Å². The van der Waals surface area contributed by atoms with Gasteiger partial charge in [0.25, 0.3) is 0 Å². The summed E-state index contributed by atoms with van der Waals surface area (Å²) in [5, 5.41) is 0. The maximum absolute atomic E-state index is 5.90. The predicted molar refractivity (Wildman–Crippen MR) is 66.1 cm³/mol.